The normalized spacial score (nSPS) is 15.5. The van der Waals surface area contributed by atoms with Crippen LogP contribution in [0.15, 0.2) is 63.9 Å². The van der Waals surface area contributed by atoms with Crippen LogP contribution in [0.3, 0.4) is 0 Å². The lowest BCUT2D eigenvalue weighted by atomic mass is 10.2. The highest BCUT2D eigenvalue weighted by Crippen LogP contribution is 2.28. The molecule has 1 saturated heterocycles. The van der Waals surface area contributed by atoms with Gasteiger partial charge in [-0.25, -0.2) is 13.4 Å². The molecule has 156 valence electrons. The number of nitrogens with zero attached hydrogens (tertiary/aromatic N) is 3. The molecular weight excluding hydrogens is 424 g/mol. The van der Waals surface area contributed by atoms with Gasteiger partial charge in [0.1, 0.15) is 5.75 Å². The summed E-state index contributed by atoms with van der Waals surface area (Å²) in [7, 11) is -3.56. The molecule has 0 bridgehead atoms. The van der Waals surface area contributed by atoms with Gasteiger partial charge in [0.05, 0.1) is 30.0 Å². The van der Waals surface area contributed by atoms with Gasteiger partial charge in [0.15, 0.2) is 0 Å². The molecule has 2 N–H and O–H groups in total. The molecule has 0 saturated carbocycles. The lowest BCUT2D eigenvalue weighted by molar-refractivity contribution is 0.0730. The molecule has 0 unspecified atom stereocenters. The van der Waals surface area contributed by atoms with Gasteiger partial charge in [-0.05, 0) is 42.0 Å². The Balaban J connectivity index is 1.48. The number of benzene rings is 2. The molecular formula is C20H20N4O4S2. The minimum Gasteiger partial charge on any atom is -0.508 e. The van der Waals surface area contributed by atoms with E-state index < -0.39 is 10.0 Å². The number of phenols is 1. The SMILES string of the molecule is O=S(=O)(c1cccc(-c2csc(N/N=C/c3ccc(O)cc3)n2)c1)N1CCOCC1. The second-order valence-electron chi connectivity index (χ2n) is 6.54. The summed E-state index contributed by atoms with van der Waals surface area (Å²) in [5, 5.41) is 15.9. The maximum atomic E-state index is 12.9. The van der Waals surface area contributed by atoms with Crippen molar-refractivity contribution in [3.8, 4) is 17.0 Å². The van der Waals surface area contributed by atoms with Crippen molar-refractivity contribution < 1.29 is 18.3 Å². The number of phenolic OH excluding ortho intramolecular Hbond substituents is 1. The van der Waals surface area contributed by atoms with Gasteiger partial charge in [0.2, 0.25) is 15.2 Å². The van der Waals surface area contributed by atoms with Gasteiger partial charge < -0.3 is 9.84 Å². The minimum absolute atomic E-state index is 0.197. The van der Waals surface area contributed by atoms with E-state index >= 15 is 0 Å². The molecule has 3 aromatic rings. The summed E-state index contributed by atoms with van der Waals surface area (Å²) in [6, 6.07) is 13.4. The van der Waals surface area contributed by atoms with Crippen molar-refractivity contribution in [1.29, 1.82) is 0 Å². The van der Waals surface area contributed by atoms with Crippen LogP contribution in [0.1, 0.15) is 5.56 Å². The van der Waals surface area contributed by atoms with Crippen LogP contribution in [-0.4, -0.2) is 55.3 Å². The summed E-state index contributed by atoms with van der Waals surface area (Å²) in [5.41, 5.74) is 5.09. The van der Waals surface area contributed by atoms with Crippen LogP contribution in [0, 0.1) is 0 Å². The van der Waals surface area contributed by atoms with Crippen molar-refractivity contribution in [3.05, 3.63) is 59.5 Å². The third-order valence-electron chi connectivity index (χ3n) is 4.51. The smallest absolute Gasteiger partial charge is 0.243 e. The summed E-state index contributed by atoms with van der Waals surface area (Å²) in [5.74, 6) is 0.197. The summed E-state index contributed by atoms with van der Waals surface area (Å²) in [6.07, 6.45) is 1.62. The highest BCUT2D eigenvalue weighted by molar-refractivity contribution is 7.89. The summed E-state index contributed by atoms with van der Waals surface area (Å²) < 4.78 is 32.5. The van der Waals surface area contributed by atoms with Crippen molar-refractivity contribution in [2.24, 2.45) is 5.10 Å². The Bertz CT molecular complexity index is 1140. The van der Waals surface area contributed by atoms with E-state index in [1.54, 1.807) is 48.7 Å². The quantitative estimate of drug-likeness (QED) is 0.447. The predicted molar refractivity (Wildman–Crippen MR) is 116 cm³/mol. The Morgan fingerprint density at radius 3 is 2.70 bits per heavy atom. The summed E-state index contributed by atoms with van der Waals surface area (Å²) in [6.45, 7) is 1.53. The van der Waals surface area contributed by atoms with Crippen LogP contribution in [0.4, 0.5) is 5.13 Å². The van der Waals surface area contributed by atoms with Crippen molar-refractivity contribution in [2.45, 2.75) is 4.90 Å². The number of sulfonamides is 1. The van der Waals surface area contributed by atoms with Gasteiger partial charge in [0.25, 0.3) is 0 Å². The number of anilines is 1. The monoisotopic (exact) mass is 444 g/mol. The highest BCUT2D eigenvalue weighted by atomic mass is 32.2. The fourth-order valence-electron chi connectivity index (χ4n) is 2.93. The van der Waals surface area contributed by atoms with Crippen LogP contribution in [0.5, 0.6) is 5.75 Å². The number of ether oxygens (including phenoxy) is 1. The summed E-state index contributed by atoms with van der Waals surface area (Å²) in [4.78, 5) is 4.73. The maximum absolute atomic E-state index is 12.9. The first-order chi connectivity index (χ1) is 14.5. The molecule has 8 nitrogen and oxygen atoms in total. The molecule has 1 fully saturated rings. The molecule has 1 aromatic heterocycles. The molecule has 2 heterocycles. The number of aromatic nitrogens is 1. The summed E-state index contributed by atoms with van der Waals surface area (Å²) >= 11 is 1.37. The third-order valence-corrected chi connectivity index (χ3v) is 7.15. The second-order valence-corrected chi connectivity index (χ2v) is 9.34. The number of nitrogens with one attached hydrogen (secondary N) is 1. The standard InChI is InChI=1S/C20H20N4O4S2/c25-17-6-4-15(5-7-17)13-21-23-20-22-19(14-29-20)16-2-1-3-18(12-16)30(26,27)24-8-10-28-11-9-24/h1-7,12-14,25H,8-11H2,(H,22,23)/b21-13+. The van der Waals surface area contributed by atoms with Gasteiger partial charge in [-0.1, -0.05) is 12.1 Å². The lowest BCUT2D eigenvalue weighted by Gasteiger charge is -2.26. The molecule has 0 spiro atoms. The molecule has 2 aromatic carbocycles. The first kappa shape index (κ1) is 20.5. The Labute approximate surface area is 178 Å². The van der Waals surface area contributed by atoms with Crippen molar-refractivity contribution in [3.63, 3.8) is 0 Å². The first-order valence-electron chi connectivity index (χ1n) is 9.24. The second kappa shape index (κ2) is 8.92. The zero-order valence-electron chi connectivity index (χ0n) is 15.9. The van der Waals surface area contributed by atoms with E-state index in [4.69, 9.17) is 4.74 Å². The molecule has 4 rings (SSSR count). The minimum atomic E-state index is -3.56. The number of morpholine rings is 1. The Morgan fingerprint density at radius 2 is 1.93 bits per heavy atom. The van der Waals surface area contributed by atoms with E-state index in [0.717, 1.165) is 11.1 Å². The van der Waals surface area contributed by atoms with E-state index in [-0.39, 0.29) is 10.6 Å². The molecule has 0 radical (unpaired) electrons. The molecule has 1 aliphatic rings. The van der Waals surface area contributed by atoms with Gasteiger partial charge in [0, 0.05) is 24.0 Å². The zero-order valence-corrected chi connectivity index (χ0v) is 17.6. The molecule has 0 atom stereocenters. The largest absolute Gasteiger partial charge is 0.508 e. The fourth-order valence-corrected chi connectivity index (χ4v) is 5.05. The van der Waals surface area contributed by atoms with Gasteiger partial charge in [-0.3, -0.25) is 5.43 Å². The third kappa shape index (κ3) is 4.68. The van der Waals surface area contributed by atoms with Crippen molar-refractivity contribution in [2.75, 3.05) is 31.7 Å². The number of hydrazone groups is 1. The Morgan fingerprint density at radius 1 is 1.17 bits per heavy atom. The number of thiazole rings is 1. The average Bonchev–Trinajstić information content (AvgIpc) is 3.25. The van der Waals surface area contributed by atoms with Crippen LogP contribution >= 0.6 is 11.3 Å². The van der Waals surface area contributed by atoms with Gasteiger partial charge >= 0.3 is 0 Å². The lowest BCUT2D eigenvalue weighted by Crippen LogP contribution is -2.40. The van der Waals surface area contributed by atoms with Crippen molar-refractivity contribution >= 4 is 32.7 Å². The maximum Gasteiger partial charge on any atom is 0.243 e. The molecule has 0 aliphatic carbocycles. The number of hydrogen-bond acceptors (Lipinski definition) is 8. The van der Waals surface area contributed by atoms with Crippen LogP contribution in [-0.2, 0) is 14.8 Å². The Kier molecular flexibility index (Phi) is 6.09. The molecule has 0 amide bonds. The van der Waals surface area contributed by atoms with Crippen molar-refractivity contribution in [1.82, 2.24) is 9.29 Å². The fraction of sp³-hybridized carbons (Fsp3) is 0.200. The van der Waals surface area contributed by atoms with Gasteiger partial charge in [-0.15, -0.1) is 11.3 Å². The average molecular weight is 445 g/mol. The van der Waals surface area contributed by atoms with Crippen LogP contribution in [0.2, 0.25) is 0 Å². The molecule has 1 aliphatic heterocycles. The van der Waals surface area contributed by atoms with E-state index in [0.29, 0.717) is 37.1 Å². The first-order valence-corrected chi connectivity index (χ1v) is 11.6. The van der Waals surface area contributed by atoms with E-state index in [9.17, 15) is 13.5 Å². The highest BCUT2D eigenvalue weighted by Gasteiger charge is 2.26. The predicted octanol–water partition coefficient (Wildman–Crippen LogP) is 2.98. The number of aromatic hydroxyl groups is 1. The number of rotatable bonds is 6. The van der Waals surface area contributed by atoms with E-state index in [1.807, 2.05) is 11.4 Å². The van der Waals surface area contributed by atoms with Crippen LogP contribution < -0.4 is 5.43 Å². The topological polar surface area (TPSA) is 104 Å². The van der Waals surface area contributed by atoms with E-state index in [2.05, 4.69) is 15.5 Å². The molecule has 30 heavy (non-hydrogen) atoms. The van der Waals surface area contributed by atoms with Gasteiger partial charge in [-0.2, -0.15) is 9.41 Å². The Hall–Kier alpha value is -2.79. The van der Waals surface area contributed by atoms with Crippen LogP contribution in [0.25, 0.3) is 11.3 Å². The van der Waals surface area contributed by atoms with E-state index in [1.165, 1.54) is 15.6 Å². The molecule has 10 heteroatoms. The number of hydrogen-bond donors (Lipinski definition) is 2. The zero-order chi connectivity index (χ0) is 21.0.